The molecule has 0 fully saturated rings. The highest BCUT2D eigenvalue weighted by atomic mass is 127. The molecule has 5 heteroatoms. The summed E-state index contributed by atoms with van der Waals surface area (Å²) in [6.45, 7) is 3.73. The van der Waals surface area contributed by atoms with Gasteiger partial charge in [-0.2, -0.15) is 0 Å². The Morgan fingerprint density at radius 3 is 2.67 bits per heavy atom. The molecule has 1 rings (SSSR count). The third kappa shape index (κ3) is 2.20. The number of thiazole rings is 1. The lowest BCUT2D eigenvalue weighted by atomic mass is 10.1. The summed E-state index contributed by atoms with van der Waals surface area (Å²) < 4.78 is 0.299. The van der Waals surface area contributed by atoms with Gasteiger partial charge in [0.2, 0.25) is 0 Å². The summed E-state index contributed by atoms with van der Waals surface area (Å²) in [6, 6.07) is 0. The van der Waals surface area contributed by atoms with E-state index in [-0.39, 0.29) is 5.78 Å². The Morgan fingerprint density at radius 1 is 1.75 bits per heavy atom. The third-order valence-corrected chi connectivity index (χ3v) is 2.95. The second-order valence-corrected chi connectivity index (χ2v) is 7.11. The average molecular weight is 313 g/mol. The monoisotopic (exact) mass is 313 g/mol. The van der Waals surface area contributed by atoms with E-state index in [0.717, 1.165) is 0 Å². The third-order valence-electron chi connectivity index (χ3n) is 1.30. The van der Waals surface area contributed by atoms with Crippen molar-refractivity contribution in [1.82, 2.24) is 4.98 Å². The van der Waals surface area contributed by atoms with Gasteiger partial charge in [0.05, 0.1) is 13.1 Å². The van der Waals surface area contributed by atoms with Gasteiger partial charge in [0, 0.05) is 0 Å². The number of alkyl halides is 1. The Balaban J connectivity index is 3.01. The lowest BCUT2D eigenvalue weighted by Gasteiger charge is -2.12. The van der Waals surface area contributed by atoms with E-state index in [9.17, 15) is 4.79 Å². The summed E-state index contributed by atoms with van der Waals surface area (Å²) in [7, 11) is 0. The van der Waals surface area contributed by atoms with Crippen LogP contribution >= 0.6 is 46.6 Å². The molecule has 0 atom stereocenters. The minimum Gasteiger partial charge on any atom is -0.291 e. The molecular formula is C7H8INOS2. The fraction of sp³-hybridized carbons (Fsp3) is 0.429. The summed E-state index contributed by atoms with van der Waals surface area (Å²) in [6.07, 6.45) is 0. The van der Waals surface area contributed by atoms with Crippen LogP contribution in [0.3, 0.4) is 0 Å². The Labute approximate surface area is 94.3 Å². The molecule has 0 aliphatic carbocycles. The van der Waals surface area contributed by atoms with Crippen LogP contribution in [0.1, 0.15) is 24.3 Å². The minimum absolute atomic E-state index is 0.0364. The van der Waals surface area contributed by atoms with Crippen molar-refractivity contribution in [2.45, 2.75) is 21.5 Å². The molecule has 0 aliphatic rings. The molecule has 0 spiro atoms. The van der Waals surface area contributed by atoms with E-state index in [4.69, 9.17) is 0 Å². The van der Waals surface area contributed by atoms with Crippen LogP contribution in [0.15, 0.2) is 9.72 Å². The van der Waals surface area contributed by atoms with Gasteiger partial charge in [-0.1, -0.05) is 22.6 Å². The van der Waals surface area contributed by atoms with E-state index in [1.54, 1.807) is 5.51 Å². The molecule has 1 aromatic heterocycles. The number of ketones is 1. The van der Waals surface area contributed by atoms with Gasteiger partial charge in [-0.3, -0.25) is 4.79 Å². The molecule has 2 nitrogen and oxygen atoms in total. The molecule has 0 radical (unpaired) electrons. The summed E-state index contributed by atoms with van der Waals surface area (Å²) >= 11 is 7.63. The van der Waals surface area contributed by atoms with Crippen LogP contribution in [0.2, 0.25) is 0 Å². The van der Waals surface area contributed by atoms with Gasteiger partial charge in [0.15, 0.2) is 5.78 Å². The second kappa shape index (κ2) is 3.63. The van der Waals surface area contributed by atoms with Gasteiger partial charge in [0.25, 0.3) is 0 Å². The van der Waals surface area contributed by atoms with Gasteiger partial charge in [0.1, 0.15) is 5.69 Å². The van der Waals surface area contributed by atoms with E-state index in [0.29, 0.717) is 9.90 Å². The number of carbonyl (C=O) groups is 1. The zero-order valence-electron chi connectivity index (χ0n) is 6.67. The maximum absolute atomic E-state index is 11.6. The maximum atomic E-state index is 11.6. The molecule has 0 saturated heterocycles. The molecule has 0 aromatic carbocycles. The quantitative estimate of drug-likeness (QED) is 0.394. The standard InChI is InChI=1S/C7H8INOS2/c1-7(2,8)5(10)4-6(11)12-3-9-4/h3,11H,1-2H3. The first kappa shape index (κ1) is 10.5. The molecule has 0 N–H and O–H groups in total. The highest BCUT2D eigenvalue weighted by Gasteiger charge is 2.28. The SMILES string of the molecule is CC(C)(I)C(=O)c1ncsc1S. The van der Waals surface area contributed by atoms with Gasteiger partial charge < -0.3 is 0 Å². The number of rotatable bonds is 2. The zero-order valence-corrected chi connectivity index (χ0v) is 10.5. The van der Waals surface area contributed by atoms with Crippen molar-refractivity contribution in [1.29, 1.82) is 0 Å². The van der Waals surface area contributed by atoms with Gasteiger partial charge >= 0.3 is 0 Å². The number of nitrogens with zero attached hydrogens (tertiary/aromatic N) is 1. The van der Waals surface area contributed by atoms with Crippen molar-refractivity contribution < 1.29 is 4.79 Å². The molecule has 1 heterocycles. The number of halogens is 1. The van der Waals surface area contributed by atoms with Gasteiger partial charge in [-0.15, -0.1) is 24.0 Å². The fourth-order valence-corrected chi connectivity index (χ4v) is 1.75. The van der Waals surface area contributed by atoms with Crippen molar-refractivity contribution in [3.63, 3.8) is 0 Å². The summed E-state index contributed by atoms with van der Waals surface area (Å²) in [4.78, 5) is 15.6. The van der Waals surface area contributed by atoms with Gasteiger partial charge in [-0.05, 0) is 13.8 Å². The average Bonchev–Trinajstić information content (AvgIpc) is 2.31. The molecular weight excluding hydrogens is 305 g/mol. The highest BCUT2D eigenvalue weighted by molar-refractivity contribution is 14.1. The Kier molecular flexibility index (Phi) is 3.16. The fourth-order valence-electron chi connectivity index (χ4n) is 0.677. The molecule has 0 bridgehead atoms. The van der Waals surface area contributed by atoms with E-state index < -0.39 is 3.42 Å². The van der Waals surface area contributed by atoms with Gasteiger partial charge in [-0.25, -0.2) is 4.98 Å². The van der Waals surface area contributed by atoms with Crippen molar-refractivity contribution in [2.24, 2.45) is 0 Å². The molecule has 0 aliphatic heterocycles. The maximum Gasteiger partial charge on any atom is 0.198 e. The number of aromatic nitrogens is 1. The predicted octanol–water partition coefficient (Wildman–Crippen LogP) is 2.83. The van der Waals surface area contributed by atoms with E-state index in [2.05, 4.69) is 40.2 Å². The minimum atomic E-state index is -0.399. The van der Waals surface area contributed by atoms with Crippen LogP contribution in [0, 0.1) is 0 Å². The van der Waals surface area contributed by atoms with Crippen LogP contribution in [-0.4, -0.2) is 14.2 Å². The number of carbonyl (C=O) groups excluding carboxylic acids is 1. The van der Waals surface area contributed by atoms with Crippen molar-refractivity contribution in [2.75, 3.05) is 0 Å². The van der Waals surface area contributed by atoms with E-state index >= 15 is 0 Å². The molecule has 0 saturated carbocycles. The zero-order chi connectivity index (χ0) is 9.35. The lowest BCUT2D eigenvalue weighted by molar-refractivity contribution is 0.0958. The lowest BCUT2D eigenvalue weighted by Crippen LogP contribution is -2.24. The molecule has 1 aromatic rings. The Hall–Kier alpha value is 0.380. The highest BCUT2D eigenvalue weighted by Crippen LogP contribution is 2.27. The number of hydrogen-bond acceptors (Lipinski definition) is 4. The van der Waals surface area contributed by atoms with Crippen molar-refractivity contribution in [3.8, 4) is 0 Å². The number of hydrogen-bond donors (Lipinski definition) is 1. The molecule has 0 amide bonds. The summed E-state index contributed by atoms with van der Waals surface area (Å²) in [5.74, 6) is 0.0364. The van der Waals surface area contributed by atoms with Crippen LogP contribution in [0.4, 0.5) is 0 Å². The molecule has 0 unspecified atom stereocenters. The molecule has 66 valence electrons. The largest absolute Gasteiger partial charge is 0.291 e. The second-order valence-electron chi connectivity index (χ2n) is 2.81. The molecule has 12 heavy (non-hydrogen) atoms. The van der Waals surface area contributed by atoms with E-state index in [1.165, 1.54) is 11.3 Å². The summed E-state index contributed by atoms with van der Waals surface area (Å²) in [5, 5.41) is 0. The van der Waals surface area contributed by atoms with Crippen LogP contribution in [0.25, 0.3) is 0 Å². The normalized spacial score (nSPS) is 11.7. The first-order chi connectivity index (χ1) is 5.43. The smallest absolute Gasteiger partial charge is 0.198 e. The predicted molar refractivity (Wildman–Crippen MR) is 61.8 cm³/mol. The number of thiol groups is 1. The van der Waals surface area contributed by atoms with Crippen LogP contribution in [-0.2, 0) is 0 Å². The first-order valence-electron chi connectivity index (χ1n) is 3.29. The Morgan fingerprint density at radius 2 is 2.33 bits per heavy atom. The first-order valence-corrected chi connectivity index (χ1v) is 5.69. The Bertz CT molecular complexity index is 303. The van der Waals surface area contributed by atoms with Crippen molar-refractivity contribution in [3.05, 3.63) is 11.2 Å². The van der Waals surface area contributed by atoms with E-state index in [1.807, 2.05) is 13.8 Å². The summed E-state index contributed by atoms with van der Waals surface area (Å²) in [5.41, 5.74) is 2.13. The van der Waals surface area contributed by atoms with Crippen LogP contribution in [0.5, 0.6) is 0 Å². The topological polar surface area (TPSA) is 30.0 Å². The van der Waals surface area contributed by atoms with Crippen molar-refractivity contribution >= 4 is 52.3 Å². The number of Topliss-reactive ketones (excluding diaryl/α,β-unsaturated/α-hetero) is 1. The van der Waals surface area contributed by atoms with Crippen LogP contribution < -0.4 is 0 Å².